The highest BCUT2D eigenvalue weighted by Crippen LogP contribution is 2.30. The molecule has 0 atom stereocenters. The Bertz CT molecular complexity index is 1680. The van der Waals surface area contributed by atoms with Crippen molar-refractivity contribution in [2.24, 2.45) is 0 Å². The number of carbonyl (C=O) groups excluding carboxylic acids is 2. The smallest absolute Gasteiger partial charge is 0.257 e. The lowest BCUT2D eigenvalue weighted by Crippen LogP contribution is -2.40. The molecule has 0 saturated carbocycles. The van der Waals surface area contributed by atoms with Gasteiger partial charge in [0.1, 0.15) is 0 Å². The monoisotopic (exact) mass is 533 g/mol. The summed E-state index contributed by atoms with van der Waals surface area (Å²) in [7, 11) is 0. The van der Waals surface area contributed by atoms with E-state index in [1.807, 2.05) is 66.2 Å². The van der Waals surface area contributed by atoms with Crippen molar-refractivity contribution in [3.05, 3.63) is 102 Å². The highest BCUT2D eigenvalue weighted by atomic mass is 16.5. The van der Waals surface area contributed by atoms with E-state index in [1.54, 1.807) is 29.4 Å². The Morgan fingerprint density at radius 3 is 2.55 bits per heavy atom. The predicted octanol–water partition coefficient (Wildman–Crippen LogP) is 4.57. The first-order valence-corrected chi connectivity index (χ1v) is 13.0. The van der Waals surface area contributed by atoms with Crippen molar-refractivity contribution in [3.63, 3.8) is 0 Å². The normalized spacial score (nSPS) is 13.3. The van der Waals surface area contributed by atoms with Crippen molar-refractivity contribution in [2.75, 3.05) is 36.9 Å². The van der Waals surface area contributed by atoms with Crippen molar-refractivity contribution in [3.8, 4) is 11.3 Å². The zero-order valence-corrected chi connectivity index (χ0v) is 21.9. The summed E-state index contributed by atoms with van der Waals surface area (Å²) in [6.45, 7) is 4.27. The fourth-order valence-electron chi connectivity index (χ4n) is 4.67. The topological polar surface area (TPSA) is 114 Å². The highest BCUT2D eigenvalue weighted by molar-refractivity contribution is 6.04. The number of benzene rings is 2. The number of pyridine rings is 1. The van der Waals surface area contributed by atoms with E-state index in [4.69, 9.17) is 9.72 Å². The second kappa shape index (κ2) is 11.0. The fourth-order valence-corrected chi connectivity index (χ4v) is 4.67. The Morgan fingerprint density at radius 2 is 1.77 bits per heavy atom. The van der Waals surface area contributed by atoms with Gasteiger partial charge in [-0.1, -0.05) is 12.1 Å². The molecule has 0 aliphatic carbocycles. The van der Waals surface area contributed by atoms with Crippen LogP contribution < -0.4 is 10.6 Å². The van der Waals surface area contributed by atoms with Gasteiger partial charge in [-0.05, 0) is 55.0 Å². The molecule has 200 valence electrons. The van der Waals surface area contributed by atoms with E-state index in [0.29, 0.717) is 60.3 Å². The first-order chi connectivity index (χ1) is 19.6. The van der Waals surface area contributed by atoms with E-state index < -0.39 is 0 Å². The van der Waals surface area contributed by atoms with Crippen LogP contribution >= 0.6 is 0 Å². The molecule has 1 aliphatic heterocycles. The molecule has 0 bridgehead atoms. The van der Waals surface area contributed by atoms with Gasteiger partial charge in [0.15, 0.2) is 11.5 Å². The Hall–Kier alpha value is -5.09. The number of morpholine rings is 1. The van der Waals surface area contributed by atoms with Crippen LogP contribution in [0.2, 0.25) is 0 Å². The summed E-state index contributed by atoms with van der Waals surface area (Å²) in [5.74, 6) is 0.333. The SMILES string of the molecule is Cc1c(NC(=O)c2cccnc2)cccc1-c1cn2ccnc2c(Nc2ccc(C(=O)N3CCOCC3)cc2)n1. The summed E-state index contributed by atoms with van der Waals surface area (Å²) in [6, 6.07) is 16.5. The summed E-state index contributed by atoms with van der Waals surface area (Å²) in [5.41, 5.74) is 5.70. The van der Waals surface area contributed by atoms with E-state index in [0.717, 1.165) is 16.8 Å². The molecule has 1 saturated heterocycles. The van der Waals surface area contributed by atoms with Gasteiger partial charge in [-0.15, -0.1) is 0 Å². The molecule has 5 aromatic rings. The lowest BCUT2D eigenvalue weighted by atomic mass is 10.0. The molecule has 1 fully saturated rings. The average Bonchev–Trinajstić information content (AvgIpc) is 3.48. The molecule has 6 rings (SSSR count). The number of imidazole rings is 1. The summed E-state index contributed by atoms with van der Waals surface area (Å²) in [6.07, 6.45) is 8.65. The molecule has 10 heteroatoms. The third-order valence-corrected chi connectivity index (χ3v) is 6.85. The van der Waals surface area contributed by atoms with Gasteiger partial charge in [-0.3, -0.25) is 14.6 Å². The van der Waals surface area contributed by atoms with Crippen LogP contribution in [-0.4, -0.2) is 62.4 Å². The molecule has 1 aliphatic rings. The number of ether oxygens (including phenoxy) is 1. The predicted molar refractivity (Wildman–Crippen MR) is 152 cm³/mol. The zero-order chi connectivity index (χ0) is 27.5. The first kappa shape index (κ1) is 25.2. The maximum atomic E-state index is 12.8. The molecule has 0 spiro atoms. The van der Waals surface area contributed by atoms with Crippen LogP contribution in [0, 0.1) is 6.92 Å². The highest BCUT2D eigenvalue weighted by Gasteiger charge is 2.19. The summed E-state index contributed by atoms with van der Waals surface area (Å²) < 4.78 is 7.25. The standard InChI is InChI=1S/C30H27N7O3/c1-20-24(5-2-6-25(20)35-29(38)22-4-3-11-31-18-22)26-19-37-13-12-32-28(37)27(34-26)33-23-9-7-21(8-10-23)30(39)36-14-16-40-17-15-36/h2-13,18-19H,14-17H2,1H3,(H,33,34)(H,35,38). The van der Waals surface area contributed by atoms with Crippen LogP contribution in [0.15, 0.2) is 85.6 Å². The Balaban J connectivity index is 1.27. The molecular weight excluding hydrogens is 506 g/mol. The molecule has 3 aromatic heterocycles. The van der Waals surface area contributed by atoms with Crippen molar-refractivity contribution >= 4 is 34.7 Å². The molecular formula is C30H27N7O3. The van der Waals surface area contributed by atoms with Crippen molar-refractivity contribution in [1.29, 1.82) is 0 Å². The zero-order valence-electron chi connectivity index (χ0n) is 21.9. The number of anilines is 3. The summed E-state index contributed by atoms with van der Waals surface area (Å²) >= 11 is 0. The van der Waals surface area contributed by atoms with E-state index in [2.05, 4.69) is 20.6 Å². The number of carbonyl (C=O) groups is 2. The van der Waals surface area contributed by atoms with Gasteiger partial charge in [-0.2, -0.15) is 0 Å². The maximum Gasteiger partial charge on any atom is 0.257 e. The molecule has 2 N–H and O–H groups in total. The van der Waals surface area contributed by atoms with Crippen LogP contribution in [0.25, 0.3) is 16.9 Å². The molecule has 40 heavy (non-hydrogen) atoms. The minimum atomic E-state index is -0.232. The summed E-state index contributed by atoms with van der Waals surface area (Å²) in [4.78, 5) is 40.8. The van der Waals surface area contributed by atoms with Gasteiger partial charge in [0.25, 0.3) is 11.8 Å². The molecule has 4 heterocycles. The van der Waals surface area contributed by atoms with E-state index in [1.165, 1.54) is 6.20 Å². The number of hydrogen-bond donors (Lipinski definition) is 2. The van der Waals surface area contributed by atoms with Crippen LogP contribution in [0.4, 0.5) is 17.2 Å². The minimum Gasteiger partial charge on any atom is -0.378 e. The summed E-state index contributed by atoms with van der Waals surface area (Å²) in [5, 5.41) is 6.34. The minimum absolute atomic E-state index is 0.00315. The van der Waals surface area contributed by atoms with Crippen LogP contribution in [0.5, 0.6) is 0 Å². The lowest BCUT2D eigenvalue weighted by Gasteiger charge is -2.26. The van der Waals surface area contributed by atoms with Gasteiger partial charge in [-0.25, -0.2) is 9.97 Å². The third kappa shape index (κ3) is 5.12. The Morgan fingerprint density at radius 1 is 0.950 bits per heavy atom. The number of nitrogens with one attached hydrogen (secondary N) is 2. The van der Waals surface area contributed by atoms with E-state index >= 15 is 0 Å². The second-order valence-electron chi connectivity index (χ2n) is 9.41. The van der Waals surface area contributed by atoms with Gasteiger partial charge >= 0.3 is 0 Å². The Kier molecular flexibility index (Phi) is 6.90. The Labute approximate surface area is 230 Å². The molecule has 0 unspecified atom stereocenters. The largest absolute Gasteiger partial charge is 0.378 e. The second-order valence-corrected chi connectivity index (χ2v) is 9.41. The van der Waals surface area contributed by atoms with Gasteiger partial charge in [0, 0.05) is 66.6 Å². The molecule has 2 aromatic carbocycles. The number of fused-ring (bicyclic) bond motifs is 1. The van der Waals surface area contributed by atoms with Crippen LogP contribution in [-0.2, 0) is 4.74 Å². The van der Waals surface area contributed by atoms with Crippen molar-refractivity contribution in [1.82, 2.24) is 24.3 Å². The average molecular weight is 534 g/mol. The number of rotatable bonds is 6. The number of amides is 2. The quantitative estimate of drug-likeness (QED) is 0.329. The van der Waals surface area contributed by atoms with Crippen LogP contribution in [0.3, 0.4) is 0 Å². The number of aromatic nitrogens is 4. The third-order valence-electron chi connectivity index (χ3n) is 6.85. The van der Waals surface area contributed by atoms with Crippen molar-refractivity contribution < 1.29 is 14.3 Å². The van der Waals surface area contributed by atoms with Crippen LogP contribution in [0.1, 0.15) is 26.3 Å². The lowest BCUT2D eigenvalue weighted by molar-refractivity contribution is 0.0303. The van der Waals surface area contributed by atoms with Gasteiger partial charge in [0.2, 0.25) is 0 Å². The first-order valence-electron chi connectivity index (χ1n) is 13.0. The molecule has 2 amide bonds. The molecule has 10 nitrogen and oxygen atoms in total. The van der Waals surface area contributed by atoms with Gasteiger partial charge < -0.3 is 24.7 Å². The maximum absolute atomic E-state index is 12.8. The van der Waals surface area contributed by atoms with Crippen molar-refractivity contribution in [2.45, 2.75) is 6.92 Å². The fraction of sp³-hybridized carbons (Fsp3) is 0.167. The van der Waals surface area contributed by atoms with E-state index in [-0.39, 0.29) is 11.8 Å². The van der Waals surface area contributed by atoms with Gasteiger partial charge in [0.05, 0.1) is 24.5 Å². The van der Waals surface area contributed by atoms with E-state index in [9.17, 15) is 9.59 Å². The number of hydrogen-bond acceptors (Lipinski definition) is 7. The number of nitrogens with zero attached hydrogens (tertiary/aromatic N) is 5. The molecule has 0 radical (unpaired) electrons.